The number of nitrogens with one attached hydrogen (secondary N) is 1. The summed E-state index contributed by atoms with van der Waals surface area (Å²) in [6.07, 6.45) is 2.34. The molecule has 0 radical (unpaired) electrons. The number of hydrogen-bond donors (Lipinski definition) is 2. The summed E-state index contributed by atoms with van der Waals surface area (Å²) in [5.41, 5.74) is 3.60. The van der Waals surface area contributed by atoms with Crippen LogP contribution in [-0.4, -0.2) is 54.1 Å². The van der Waals surface area contributed by atoms with E-state index in [-0.39, 0.29) is 5.75 Å². The fourth-order valence-corrected chi connectivity index (χ4v) is 4.34. The minimum Gasteiger partial charge on any atom is -0.507 e. The van der Waals surface area contributed by atoms with Gasteiger partial charge in [-0.2, -0.15) is 5.26 Å². The zero-order chi connectivity index (χ0) is 19.7. The molecule has 4 rings (SSSR count). The van der Waals surface area contributed by atoms with Gasteiger partial charge in [-0.3, -0.25) is 0 Å². The van der Waals surface area contributed by atoms with Gasteiger partial charge in [-0.25, -0.2) is 0 Å². The Kier molecular flexibility index (Phi) is 5.05. The number of likely N-dealkylation sites (N-methyl/N-ethyl adjacent to an activating group) is 1. The highest BCUT2D eigenvalue weighted by Crippen LogP contribution is 2.38. The summed E-state index contributed by atoms with van der Waals surface area (Å²) in [5, 5.41) is 32.2. The van der Waals surface area contributed by atoms with Gasteiger partial charge in [0.2, 0.25) is 0 Å². The maximum atomic E-state index is 10.5. The van der Waals surface area contributed by atoms with E-state index in [1.165, 1.54) is 12.5 Å². The maximum absolute atomic E-state index is 10.5. The predicted molar refractivity (Wildman–Crippen MR) is 110 cm³/mol. The standard InChI is InChI=1S/C21H26N6O/c1-3-26-7-8-27(16-5-4-6-23-13-16)21-18(26)11-17(24-25-21)20-14(2)9-15(12-22)10-19(20)28/h9-11,16,23,28H,3-8,13H2,1-2H3. The maximum Gasteiger partial charge on any atom is 0.175 e. The molecular weight excluding hydrogens is 352 g/mol. The first kappa shape index (κ1) is 18.5. The predicted octanol–water partition coefficient (Wildman–Crippen LogP) is 2.43. The minimum atomic E-state index is 0.0676. The van der Waals surface area contributed by atoms with Gasteiger partial charge in [0.15, 0.2) is 5.82 Å². The van der Waals surface area contributed by atoms with Crippen LogP contribution in [0.2, 0.25) is 0 Å². The zero-order valence-electron chi connectivity index (χ0n) is 16.4. The van der Waals surface area contributed by atoms with E-state index in [9.17, 15) is 5.11 Å². The molecule has 2 N–H and O–H groups in total. The molecule has 0 bridgehead atoms. The lowest BCUT2D eigenvalue weighted by molar-refractivity contribution is 0.425. The lowest BCUT2D eigenvalue weighted by Gasteiger charge is -2.42. The van der Waals surface area contributed by atoms with Crippen molar-refractivity contribution in [3.63, 3.8) is 0 Å². The van der Waals surface area contributed by atoms with Gasteiger partial charge in [0.1, 0.15) is 5.75 Å². The molecule has 1 unspecified atom stereocenters. The summed E-state index contributed by atoms with van der Waals surface area (Å²) in [6, 6.07) is 7.81. The van der Waals surface area contributed by atoms with Gasteiger partial charge in [-0.1, -0.05) is 0 Å². The third-order valence-electron chi connectivity index (χ3n) is 5.77. The first-order valence-electron chi connectivity index (χ1n) is 9.96. The van der Waals surface area contributed by atoms with E-state index in [0.29, 0.717) is 22.9 Å². The number of nitriles is 1. The molecule has 1 aromatic carbocycles. The van der Waals surface area contributed by atoms with Crippen LogP contribution < -0.4 is 15.1 Å². The third-order valence-corrected chi connectivity index (χ3v) is 5.77. The first-order chi connectivity index (χ1) is 13.6. The highest BCUT2D eigenvalue weighted by Gasteiger charge is 2.30. The summed E-state index contributed by atoms with van der Waals surface area (Å²) in [6.45, 7) is 8.88. The number of aromatic hydroxyl groups is 1. The van der Waals surface area contributed by atoms with Gasteiger partial charge in [0.05, 0.1) is 23.0 Å². The van der Waals surface area contributed by atoms with Crippen molar-refractivity contribution in [2.75, 3.05) is 42.5 Å². The second-order valence-electron chi connectivity index (χ2n) is 7.51. The van der Waals surface area contributed by atoms with Gasteiger partial charge in [0, 0.05) is 37.8 Å². The molecule has 1 saturated heterocycles. The van der Waals surface area contributed by atoms with Gasteiger partial charge in [-0.05, 0) is 57.0 Å². The summed E-state index contributed by atoms with van der Waals surface area (Å²) < 4.78 is 0. The quantitative estimate of drug-likeness (QED) is 0.848. The number of piperidine rings is 1. The number of rotatable bonds is 3. The van der Waals surface area contributed by atoms with Crippen LogP contribution in [0, 0.1) is 18.3 Å². The van der Waals surface area contributed by atoms with Crippen LogP contribution in [0.4, 0.5) is 11.5 Å². The molecule has 7 nitrogen and oxygen atoms in total. The van der Waals surface area contributed by atoms with E-state index in [0.717, 1.165) is 56.2 Å². The number of phenolic OH excluding ortho intramolecular Hbond substituents is 1. The molecule has 0 aliphatic carbocycles. The lowest BCUT2D eigenvalue weighted by atomic mass is 10.00. The average Bonchev–Trinajstić information content (AvgIpc) is 2.72. The summed E-state index contributed by atoms with van der Waals surface area (Å²) >= 11 is 0. The number of benzene rings is 1. The fourth-order valence-electron chi connectivity index (χ4n) is 4.34. The van der Waals surface area contributed by atoms with Crippen molar-refractivity contribution in [2.45, 2.75) is 32.7 Å². The van der Waals surface area contributed by atoms with Gasteiger partial charge < -0.3 is 20.2 Å². The fraction of sp³-hybridized carbons (Fsp3) is 0.476. The molecule has 28 heavy (non-hydrogen) atoms. The van der Waals surface area contributed by atoms with Crippen molar-refractivity contribution in [1.82, 2.24) is 15.5 Å². The summed E-state index contributed by atoms with van der Waals surface area (Å²) in [4.78, 5) is 4.70. The molecule has 2 aliphatic rings. The normalized spacial score (nSPS) is 19.2. The molecule has 0 spiro atoms. The van der Waals surface area contributed by atoms with Crippen LogP contribution >= 0.6 is 0 Å². The zero-order valence-corrected chi connectivity index (χ0v) is 16.4. The van der Waals surface area contributed by atoms with Crippen LogP contribution in [0.5, 0.6) is 5.75 Å². The van der Waals surface area contributed by atoms with Crippen molar-refractivity contribution in [2.24, 2.45) is 0 Å². The highest BCUT2D eigenvalue weighted by molar-refractivity contribution is 5.79. The van der Waals surface area contributed by atoms with E-state index in [2.05, 4.69) is 38.3 Å². The average molecular weight is 378 g/mol. The molecular formula is C21H26N6O. The Morgan fingerprint density at radius 3 is 2.82 bits per heavy atom. The van der Waals surface area contributed by atoms with E-state index >= 15 is 0 Å². The number of anilines is 2. The second kappa shape index (κ2) is 7.64. The van der Waals surface area contributed by atoms with Crippen molar-refractivity contribution in [1.29, 1.82) is 5.26 Å². The molecule has 7 heteroatoms. The third kappa shape index (κ3) is 3.25. The molecule has 0 amide bonds. The number of phenols is 1. The second-order valence-corrected chi connectivity index (χ2v) is 7.51. The molecule has 2 aliphatic heterocycles. The van der Waals surface area contributed by atoms with Crippen LogP contribution in [-0.2, 0) is 0 Å². The number of hydrogen-bond acceptors (Lipinski definition) is 7. The number of nitrogens with zero attached hydrogens (tertiary/aromatic N) is 5. The largest absolute Gasteiger partial charge is 0.507 e. The summed E-state index contributed by atoms with van der Waals surface area (Å²) in [7, 11) is 0. The van der Waals surface area contributed by atoms with Gasteiger partial charge in [-0.15, -0.1) is 10.2 Å². The van der Waals surface area contributed by atoms with E-state index in [1.807, 2.05) is 13.0 Å². The van der Waals surface area contributed by atoms with Crippen molar-refractivity contribution < 1.29 is 5.11 Å². The van der Waals surface area contributed by atoms with Crippen molar-refractivity contribution in [3.8, 4) is 23.1 Å². The monoisotopic (exact) mass is 378 g/mol. The van der Waals surface area contributed by atoms with E-state index in [1.54, 1.807) is 6.07 Å². The Morgan fingerprint density at radius 1 is 1.29 bits per heavy atom. The Balaban J connectivity index is 1.77. The SMILES string of the molecule is CCN1CCN(C2CCCNC2)c2nnc(-c3c(C)cc(C#N)cc3O)cc21. The Morgan fingerprint density at radius 2 is 2.14 bits per heavy atom. The number of aromatic nitrogens is 2. The van der Waals surface area contributed by atoms with E-state index < -0.39 is 0 Å². The molecule has 0 saturated carbocycles. The smallest absolute Gasteiger partial charge is 0.175 e. The lowest BCUT2D eigenvalue weighted by Crippen LogP contribution is -2.52. The molecule has 1 aromatic heterocycles. The summed E-state index contributed by atoms with van der Waals surface area (Å²) in [5.74, 6) is 0.995. The van der Waals surface area contributed by atoms with E-state index in [4.69, 9.17) is 5.26 Å². The van der Waals surface area contributed by atoms with Crippen molar-refractivity contribution >= 4 is 11.5 Å². The number of fused-ring (bicyclic) bond motifs is 1. The minimum absolute atomic E-state index is 0.0676. The molecule has 1 atom stereocenters. The Hall–Kier alpha value is -2.85. The van der Waals surface area contributed by atoms with Crippen LogP contribution in [0.3, 0.4) is 0 Å². The Labute approximate surface area is 165 Å². The van der Waals surface area contributed by atoms with Crippen LogP contribution in [0.1, 0.15) is 30.9 Å². The topological polar surface area (TPSA) is 88.3 Å². The number of aryl methyl sites for hydroxylation is 1. The first-order valence-corrected chi connectivity index (χ1v) is 9.96. The van der Waals surface area contributed by atoms with Gasteiger partial charge >= 0.3 is 0 Å². The molecule has 2 aromatic rings. The molecule has 146 valence electrons. The van der Waals surface area contributed by atoms with Gasteiger partial charge in [0.25, 0.3) is 0 Å². The van der Waals surface area contributed by atoms with Crippen LogP contribution in [0.25, 0.3) is 11.3 Å². The van der Waals surface area contributed by atoms with Crippen molar-refractivity contribution in [3.05, 3.63) is 29.3 Å². The molecule has 3 heterocycles. The van der Waals surface area contributed by atoms with Crippen LogP contribution in [0.15, 0.2) is 18.2 Å². The Bertz CT molecular complexity index is 893. The molecule has 1 fully saturated rings. The highest BCUT2D eigenvalue weighted by atomic mass is 16.3.